The Hall–Kier alpha value is -3.00. The molecule has 0 unspecified atom stereocenters. The summed E-state index contributed by atoms with van der Waals surface area (Å²) in [5.74, 6) is -0.650. The Morgan fingerprint density at radius 2 is 2.09 bits per heavy atom. The van der Waals surface area contributed by atoms with Gasteiger partial charge in [0.25, 0.3) is 0 Å². The number of aromatic amines is 1. The number of aromatic nitrogens is 3. The molecule has 1 aromatic carbocycles. The summed E-state index contributed by atoms with van der Waals surface area (Å²) in [5, 5.41) is 15.9. The third-order valence-corrected chi connectivity index (χ3v) is 3.80. The number of hydrogen-bond acceptors (Lipinski definition) is 7. The largest absolute Gasteiger partial charge is 0.504 e. The number of H-pyrrole nitrogens is 1. The maximum Gasteiger partial charge on any atom is 0.224 e. The Morgan fingerprint density at radius 3 is 2.78 bits per heavy atom. The summed E-state index contributed by atoms with van der Waals surface area (Å²) in [6, 6.07) is 8.95. The SMILES string of the molecule is Nc1ccc(Sc2coc(C(=O)C=C(O)c3nc[nH]n3)c2)cc1. The van der Waals surface area contributed by atoms with Crippen molar-refractivity contribution in [1.29, 1.82) is 0 Å². The Morgan fingerprint density at radius 1 is 1.30 bits per heavy atom. The van der Waals surface area contributed by atoms with Gasteiger partial charge in [-0.1, -0.05) is 11.8 Å². The molecular formula is C15H12N4O3S. The number of benzene rings is 1. The lowest BCUT2D eigenvalue weighted by atomic mass is 10.2. The van der Waals surface area contributed by atoms with Crippen molar-refractivity contribution in [2.24, 2.45) is 0 Å². The highest BCUT2D eigenvalue weighted by Crippen LogP contribution is 2.30. The highest BCUT2D eigenvalue weighted by molar-refractivity contribution is 7.99. The molecule has 2 heterocycles. The van der Waals surface area contributed by atoms with Crippen molar-refractivity contribution in [3.63, 3.8) is 0 Å². The van der Waals surface area contributed by atoms with E-state index in [9.17, 15) is 9.90 Å². The number of furan rings is 1. The van der Waals surface area contributed by atoms with E-state index in [1.165, 1.54) is 24.4 Å². The average Bonchev–Trinajstić information content (AvgIpc) is 3.21. The summed E-state index contributed by atoms with van der Waals surface area (Å²) in [6.07, 6.45) is 3.80. The van der Waals surface area contributed by atoms with Crippen molar-refractivity contribution in [3.05, 3.63) is 60.6 Å². The fraction of sp³-hybridized carbons (Fsp3) is 0. The van der Waals surface area contributed by atoms with E-state index in [2.05, 4.69) is 15.2 Å². The monoisotopic (exact) mass is 328 g/mol. The van der Waals surface area contributed by atoms with E-state index in [0.717, 1.165) is 15.9 Å². The molecule has 3 aromatic rings. The van der Waals surface area contributed by atoms with E-state index >= 15 is 0 Å². The number of nitrogens with one attached hydrogen (secondary N) is 1. The molecule has 0 amide bonds. The molecule has 0 saturated heterocycles. The normalized spacial score (nSPS) is 11.6. The average molecular weight is 328 g/mol. The van der Waals surface area contributed by atoms with Gasteiger partial charge in [0.15, 0.2) is 11.5 Å². The van der Waals surface area contributed by atoms with E-state index < -0.39 is 5.78 Å². The predicted octanol–water partition coefficient (Wildman–Crippen LogP) is 2.91. The summed E-state index contributed by atoms with van der Waals surface area (Å²) in [7, 11) is 0. The fourth-order valence-corrected chi connectivity index (χ4v) is 2.57. The highest BCUT2D eigenvalue weighted by atomic mass is 32.2. The third-order valence-electron chi connectivity index (χ3n) is 2.85. The molecule has 4 N–H and O–H groups in total. The minimum absolute atomic E-state index is 0.0429. The molecule has 0 radical (unpaired) electrons. The fourth-order valence-electron chi connectivity index (χ4n) is 1.77. The van der Waals surface area contributed by atoms with Crippen LogP contribution in [0.15, 0.2) is 63.2 Å². The molecule has 23 heavy (non-hydrogen) atoms. The minimum Gasteiger partial charge on any atom is -0.504 e. The van der Waals surface area contributed by atoms with Crippen LogP contribution in [0.5, 0.6) is 0 Å². The molecule has 3 rings (SSSR count). The van der Waals surface area contributed by atoms with Crippen LogP contribution in [-0.2, 0) is 0 Å². The summed E-state index contributed by atoms with van der Waals surface area (Å²) >= 11 is 1.44. The van der Waals surface area contributed by atoms with E-state index in [1.807, 2.05) is 12.1 Å². The zero-order valence-corrected chi connectivity index (χ0v) is 12.6. The number of nitrogens with zero attached hydrogens (tertiary/aromatic N) is 2. The second-order valence-electron chi connectivity index (χ2n) is 4.53. The minimum atomic E-state index is -0.476. The first-order valence-corrected chi connectivity index (χ1v) is 7.36. The second kappa shape index (κ2) is 6.41. The number of nitrogens with two attached hydrogens (primary N) is 1. The number of carbonyl (C=O) groups is 1. The van der Waals surface area contributed by atoms with E-state index in [0.29, 0.717) is 5.69 Å². The van der Waals surface area contributed by atoms with E-state index in [-0.39, 0.29) is 17.3 Å². The lowest BCUT2D eigenvalue weighted by molar-refractivity contribution is 0.102. The number of aliphatic hydroxyl groups excluding tert-OH is 1. The zero-order valence-electron chi connectivity index (χ0n) is 11.8. The van der Waals surface area contributed by atoms with Crippen LogP contribution in [0.2, 0.25) is 0 Å². The first-order valence-electron chi connectivity index (χ1n) is 6.55. The van der Waals surface area contributed by atoms with Gasteiger partial charge in [-0.15, -0.1) is 0 Å². The molecule has 8 heteroatoms. The van der Waals surface area contributed by atoms with Crippen LogP contribution < -0.4 is 5.73 Å². The lowest BCUT2D eigenvalue weighted by Crippen LogP contribution is -1.95. The number of allylic oxidation sites excluding steroid dienone is 1. The molecule has 7 nitrogen and oxygen atoms in total. The maximum absolute atomic E-state index is 12.0. The van der Waals surface area contributed by atoms with Crippen LogP contribution in [0.3, 0.4) is 0 Å². The molecule has 0 atom stereocenters. The topological polar surface area (TPSA) is 118 Å². The molecule has 0 saturated carbocycles. The van der Waals surface area contributed by atoms with Crippen LogP contribution >= 0.6 is 11.8 Å². The Bertz CT molecular complexity index is 838. The molecule has 0 spiro atoms. The summed E-state index contributed by atoms with van der Waals surface area (Å²) in [5.41, 5.74) is 6.32. The first kappa shape index (κ1) is 14.9. The molecule has 0 aliphatic carbocycles. The van der Waals surface area contributed by atoms with Gasteiger partial charge in [0.05, 0.1) is 4.90 Å². The standard InChI is InChI=1S/C15H12N4O3S/c16-9-1-3-10(4-2-9)23-11-5-14(22-7-11)12(20)6-13(21)15-17-8-18-19-15/h1-8,21H,16H2,(H,17,18,19). The van der Waals surface area contributed by atoms with Crippen LogP contribution in [0.25, 0.3) is 5.76 Å². The van der Waals surface area contributed by atoms with Gasteiger partial charge in [0.1, 0.15) is 12.6 Å². The summed E-state index contributed by atoms with van der Waals surface area (Å²) in [4.78, 5) is 17.5. The van der Waals surface area contributed by atoms with Crippen LogP contribution in [0.4, 0.5) is 5.69 Å². The molecule has 2 aromatic heterocycles. The Kier molecular flexibility index (Phi) is 4.15. The van der Waals surface area contributed by atoms with Crippen LogP contribution in [-0.4, -0.2) is 26.1 Å². The van der Waals surface area contributed by atoms with Gasteiger partial charge in [0.2, 0.25) is 11.6 Å². The van der Waals surface area contributed by atoms with Gasteiger partial charge in [-0.2, -0.15) is 5.10 Å². The van der Waals surface area contributed by atoms with Gasteiger partial charge in [-0.25, -0.2) is 4.98 Å². The Labute approximate surface area is 135 Å². The van der Waals surface area contributed by atoms with Gasteiger partial charge in [-0.05, 0) is 24.3 Å². The van der Waals surface area contributed by atoms with Crippen molar-refractivity contribution in [3.8, 4) is 0 Å². The van der Waals surface area contributed by atoms with Crippen molar-refractivity contribution < 1.29 is 14.3 Å². The van der Waals surface area contributed by atoms with Gasteiger partial charge in [0, 0.05) is 22.7 Å². The van der Waals surface area contributed by atoms with Crippen molar-refractivity contribution in [2.45, 2.75) is 9.79 Å². The number of aliphatic hydroxyl groups is 1. The smallest absolute Gasteiger partial charge is 0.224 e. The number of anilines is 1. The number of carbonyl (C=O) groups excluding carboxylic acids is 1. The van der Waals surface area contributed by atoms with Crippen LogP contribution in [0, 0.1) is 0 Å². The van der Waals surface area contributed by atoms with Gasteiger partial charge in [-0.3, -0.25) is 9.89 Å². The molecule has 0 fully saturated rings. The molecule has 116 valence electrons. The number of hydrogen-bond donors (Lipinski definition) is 3. The van der Waals surface area contributed by atoms with E-state index in [1.54, 1.807) is 18.2 Å². The quantitative estimate of drug-likeness (QED) is 0.285. The third kappa shape index (κ3) is 3.61. The summed E-state index contributed by atoms with van der Waals surface area (Å²) < 4.78 is 5.24. The first-order chi connectivity index (χ1) is 11.1. The number of rotatable bonds is 5. The van der Waals surface area contributed by atoms with E-state index in [4.69, 9.17) is 10.2 Å². The predicted molar refractivity (Wildman–Crippen MR) is 85.0 cm³/mol. The number of nitrogen functional groups attached to an aromatic ring is 1. The molecule has 0 aliphatic heterocycles. The molecular weight excluding hydrogens is 316 g/mol. The van der Waals surface area contributed by atoms with Crippen molar-refractivity contribution in [1.82, 2.24) is 15.2 Å². The van der Waals surface area contributed by atoms with Crippen LogP contribution in [0.1, 0.15) is 16.4 Å². The molecule has 0 aliphatic rings. The van der Waals surface area contributed by atoms with Gasteiger partial charge >= 0.3 is 0 Å². The van der Waals surface area contributed by atoms with Gasteiger partial charge < -0.3 is 15.3 Å². The lowest BCUT2D eigenvalue weighted by Gasteiger charge is -1.98. The number of ketones is 1. The Balaban J connectivity index is 1.72. The zero-order chi connectivity index (χ0) is 16.2. The van der Waals surface area contributed by atoms with Crippen molar-refractivity contribution in [2.75, 3.05) is 5.73 Å². The van der Waals surface area contributed by atoms with Crippen molar-refractivity contribution >= 4 is 29.0 Å². The maximum atomic E-state index is 12.0. The second-order valence-corrected chi connectivity index (χ2v) is 5.68. The summed E-state index contributed by atoms with van der Waals surface area (Å²) in [6.45, 7) is 0. The molecule has 0 bridgehead atoms. The highest BCUT2D eigenvalue weighted by Gasteiger charge is 2.13.